The van der Waals surface area contributed by atoms with Crippen molar-refractivity contribution in [3.8, 4) is 0 Å². The Labute approximate surface area is 113 Å². The number of rotatable bonds is 8. The van der Waals surface area contributed by atoms with Crippen LogP contribution < -0.4 is 5.32 Å². The van der Waals surface area contributed by atoms with E-state index in [0.717, 1.165) is 19.6 Å². The van der Waals surface area contributed by atoms with Crippen molar-refractivity contribution in [3.05, 3.63) is 0 Å². The van der Waals surface area contributed by atoms with Crippen molar-refractivity contribution in [3.63, 3.8) is 0 Å². The van der Waals surface area contributed by atoms with Crippen LogP contribution in [0.1, 0.15) is 52.9 Å². The molecular weight excluding hydrogens is 224 g/mol. The molecule has 2 unspecified atom stereocenters. The maximum absolute atomic E-state index is 6.14. The molecule has 1 heterocycles. The molecule has 108 valence electrons. The van der Waals surface area contributed by atoms with Gasteiger partial charge in [0.05, 0.1) is 12.7 Å². The fourth-order valence-corrected chi connectivity index (χ4v) is 2.54. The van der Waals surface area contributed by atoms with Crippen molar-refractivity contribution in [1.82, 2.24) is 10.2 Å². The molecule has 1 aliphatic heterocycles. The molecule has 0 amide bonds. The molecule has 2 atom stereocenters. The van der Waals surface area contributed by atoms with E-state index in [4.69, 9.17) is 4.74 Å². The van der Waals surface area contributed by atoms with E-state index in [-0.39, 0.29) is 0 Å². The Morgan fingerprint density at radius 1 is 1.33 bits per heavy atom. The standard InChI is InChI=1S/C15H32N2O/c1-5-8-15(11-16-13(2)3)18-12-14-9-6-7-10-17(14)4/h13-16H,5-12H2,1-4H3. The first-order chi connectivity index (χ1) is 8.63. The third-order valence-electron chi connectivity index (χ3n) is 3.81. The van der Waals surface area contributed by atoms with E-state index in [0.29, 0.717) is 18.2 Å². The highest BCUT2D eigenvalue weighted by Crippen LogP contribution is 2.16. The average molecular weight is 256 g/mol. The van der Waals surface area contributed by atoms with Gasteiger partial charge in [0.15, 0.2) is 0 Å². The Hall–Kier alpha value is -0.120. The molecule has 1 N–H and O–H groups in total. The number of ether oxygens (including phenoxy) is 1. The van der Waals surface area contributed by atoms with Gasteiger partial charge in [-0.15, -0.1) is 0 Å². The van der Waals surface area contributed by atoms with Crippen LogP contribution in [0.5, 0.6) is 0 Å². The van der Waals surface area contributed by atoms with Crippen molar-refractivity contribution in [1.29, 1.82) is 0 Å². The molecule has 0 radical (unpaired) electrons. The minimum absolute atomic E-state index is 0.382. The molecule has 0 aromatic carbocycles. The first-order valence-corrected chi connectivity index (χ1v) is 7.68. The second-order valence-corrected chi connectivity index (χ2v) is 5.94. The molecule has 0 aromatic heterocycles. The van der Waals surface area contributed by atoms with E-state index in [1.165, 1.54) is 32.2 Å². The van der Waals surface area contributed by atoms with E-state index in [2.05, 4.69) is 38.0 Å². The second kappa shape index (κ2) is 8.89. The van der Waals surface area contributed by atoms with Gasteiger partial charge < -0.3 is 15.0 Å². The second-order valence-electron chi connectivity index (χ2n) is 5.94. The van der Waals surface area contributed by atoms with Gasteiger partial charge in [0.1, 0.15) is 0 Å². The zero-order chi connectivity index (χ0) is 13.4. The molecule has 0 saturated carbocycles. The highest BCUT2D eigenvalue weighted by molar-refractivity contribution is 4.75. The number of hydrogen-bond acceptors (Lipinski definition) is 3. The number of nitrogens with one attached hydrogen (secondary N) is 1. The predicted octanol–water partition coefficient (Wildman–Crippen LogP) is 2.65. The average Bonchev–Trinajstić information content (AvgIpc) is 2.34. The fourth-order valence-electron chi connectivity index (χ4n) is 2.54. The molecule has 0 aliphatic carbocycles. The lowest BCUT2D eigenvalue weighted by atomic mass is 10.0. The minimum atomic E-state index is 0.382. The van der Waals surface area contributed by atoms with Crippen molar-refractivity contribution in [2.45, 2.75) is 71.1 Å². The number of piperidine rings is 1. The minimum Gasteiger partial charge on any atom is -0.375 e. The molecule has 3 nitrogen and oxygen atoms in total. The van der Waals surface area contributed by atoms with E-state index < -0.39 is 0 Å². The van der Waals surface area contributed by atoms with Crippen LogP contribution in [0.15, 0.2) is 0 Å². The van der Waals surface area contributed by atoms with Gasteiger partial charge in [0.25, 0.3) is 0 Å². The summed E-state index contributed by atoms with van der Waals surface area (Å²) in [6, 6.07) is 1.18. The van der Waals surface area contributed by atoms with Crippen molar-refractivity contribution in [2.75, 3.05) is 26.7 Å². The summed E-state index contributed by atoms with van der Waals surface area (Å²) >= 11 is 0. The van der Waals surface area contributed by atoms with Crippen LogP contribution in [0.25, 0.3) is 0 Å². The molecule has 1 saturated heterocycles. The van der Waals surface area contributed by atoms with E-state index in [1.54, 1.807) is 0 Å². The summed E-state index contributed by atoms with van der Waals surface area (Å²) < 4.78 is 6.14. The van der Waals surface area contributed by atoms with Crippen LogP contribution >= 0.6 is 0 Å². The third-order valence-corrected chi connectivity index (χ3v) is 3.81. The highest BCUT2D eigenvalue weighted by atomic mass is 16.5. The van der Waals surface area contributed by atoms with Crippen LogP contribution in [0.4, 0.5) is 0 Å². The van der Waals surface area contributed by atoms with Gasteiger partial charge in [-0.1, -0.05) is 33.6 Å². The van der Waals surface area contributed by atoms with Gasteiger partial charge in [0.2, 0.25) is 0 Å². The van der Waals surface area contributed by atoms with E-state index >= 15 is 0 Å². The Morgan fingerprint density at radius 2 is 2.11 bits per heavy atom. The van der Waals surface area contributed by atoms with Crippen molar-refractivity contribution in [2.24, 2.45) is 0 Å². The Morgan fingerprint density at radius 3 is 2.72 bits per heavy atom. The third kappa shape index (κ3) is 6.17. The van der Waals surface area contributed by atoms with Crippen molar-refractivity contribution < 1.29 is 4.74 Å². The maximum Gasteiger partial charge on any atom is 0.0700 e. The summed E-state index contributed by atoms with van der Waals surface area (Å²) in [5.74, 6) is 0. The molecule has 1 aliphatic rings. The van der Waals surface area contributed by atoms with Crippen LogP contribution in [-0.4, -0.2) is 49.8 Å². The van der Waals surface area contributed by atoms with E-state index in [1.807, 2.05) is 0 Å². The molecular formula is C15H32N2O. The first kappa shape index (κ1) is 15.9. The number of likely N-dealkylation sites (tertiary alicyclic amines) is 1. The Bertz CT molecular complexity index is 209. The smallest absolute Gasteiger partial charge is 0.0700 e. The lowest BCUT2D eigenvalue weighted by molar-refractivity contribution is -0.000339. The molecule has 3 heteroatoms. The van der Waals surface area contributed by atoms with Crippen LogP contribution in [0.2, 0.25) is 0 Å². The summed E-state index contributed by atoms with van der Waals surface area (Å²) in [6.07, 6.45) is 6.75. The topological polar surface area (TPSA) is 24.5 Å². The van der Waals surface area contributed by atoms with Gasteiger partial charge in [-0.2, -0.15) is 0 Å². The molecule has 1 rings (SSSR count). The molecule has 1 fully saturated rings. The number of likely N-dealkylation sites (N-methyl/N-ethyl adjacent to an activating group) is 1. The summed E-state index contributed by atoms with van der Waals surface area (Å²) in [6.45, 7) is 9.74. The lowest BCUT2D eigenvalue weighted by Crippen LogP contribution is -2.42. The Kier molecular flexibility index (Phi) is 7.87. The van der Waals surface area contributed by atoms with Gasteiger partial charge in [-0.3, -0.25) is 0 Å². The summed E-state index contributed by atoms with van der Waals surface area (Å²) in [5.41, 5.74) is 0. The van der Waals surface area contributed by atoms with Gasteiger partial charge >= 0.3 is 0 Å². The largest absolute Gasteiger partial charge is 0.375 e. The first-order valence-electron chi connectivity index (χ1n) is 7.68. The molecule has 0 aromatic rings. The molecule has 0 bridgehead atoms. The quantitative estimate of drug-likeness (QED) is 0.722. The predicted molar refractivity (Wildman–Crippen MR) is 78.1 cm³/mol. The Balaban J connectivity index is 2.26. The molecule has 18 heavy (non-hydrogen) atoms. The van der Waals surface area contributed by atoms with E-state index in [9.17, 15) is 0 Å². The summed E-state index contributed by atoms with van der Waals surface area (Å²) in [5, 5.41) is 3.49. The highest BCUT2D eigenvalue weighted by Gasteiger charge is 2.20. The number of nitrogens with zero attached hydrogens (tertiary/aromatic N) is 1. The summed E-state index contributed by atoms with van der Waals surface area (Å²) in [4.78, 5) is 2.46. The lowest BCUT2D eigenvalue weighted by Gasteiger charge is -2.33. The number of hydrogen-bond donors (Lipinski definition) is 1. The monoisotopic (exact) mass is 256 g/mol. The van der Waals surface area contributed by atoms with Crippen LogP contribution in [-0.2, 0) is 4.74 Å². The fraction of sp³-hybridized carbons (Fsp3) is 1.00. The van der Waals surface area contributed by atoms with Gasteiger partial charge in [0, 0.05) is 18.6 Å². The zero-order valence-corrected chi connectivity index (χ0v) is 12.7. The normalized spacial score (nSPS) is 23.5. The van der Waals surface area contributed by atoms with Gasteiger partial charge in [-0.05, 0) is 32.9 Å². The van der Waals surface area contributed by atoms with Crippen LogP contribution in [0, 0.1) is 0 Å². The van der Waals surface area contributed by atoms with Gasteiger partial charge in [-0.25, -0.2) is 0 Å². The maximum atomic E-state index is 6.14. The SMILES string of the molecule is CCCC(CNC(C)C)OCC1CCCCN1C. The zero-order valence-electron chi connectivity index (χ0n) is 12.7. The summed E-state index contributed by atoms with van der Waals surface area (Å²) in [7, 11) is 2.23. The van der Waals surface area contributed by atoms with Crippen molar-refractivity contribution >= 4 is 0 Å². The molecule has 0 spiro atoms. The van der Waals surface area contributed by atoms with Crippen LogP contribution in [0.3, 0.4) is 0 Å².